The van der Waals surface area contributed by atoms with Gasteiger partial charge in [-0.2, -0.15) is 16.9 Å². The Morgan fingerprint density at radius 3 is 2.91 bits per heavy atom. The lowest BCUT2D eigenvalue weighted by Crippen LogP contribution is -2.32. The fourth-order valence-corrected chi connectivity index (χ4v) is 3.02. The van der Waals surface area contributed by atoms with Gasteiger partial charge in [0.05, 0.1) is 31.4 Å². The van der Waals surface area contributed by atoms with Crippen LogP contribution in [0.15, 0.2) is 24.7 Å². The smallest absolute Gasteiger partial charge is 0.230 e. The summed E-state index contributed by atoms with van der Waals surface area (Å²) in [7, 11) is 3.28. The standard InChI is InChI=1S/C15H19ClN4O2S/c1-10(9-23-4)15(21)19(2)13-8-20(18-14(13)16)11-5-12(22-3)7-17-6-11/h5-8,10H,9H2,1-4H3. The van der Waals surface area contributed by atoms with E-state index in [2.05, 4.69) is 10.1 Å². The first-order chi connectivity index (χ1) is 11.0. The van der Waals surface area contributed by atoms with Crippen molar-refractivity contribution in [2.75, 3.05) is 31.1 Å². The number of thioether (sulfide) groups is 1. The van der Waals surface area contributed by atoms with Crippen molar-refractivity contribution in [1.82, 2.24) is 14.8 Å². The maximum absolute atomic E-state index is 12.4. The summed E-state index contributed by atoms with van der Waals surface area (Å²) < 4.78 is 6.73. The van der Waals surface area contributed by atoms with Crippen LogP contribution in [0.3, 0.4) is 0 Å². The molecule has 1 amide bonds. The molecular weight excluding hydrogens is 336 g/mol. The molecule has 2 heterocycles. The van der Waals surface area contributed by atoms with Crippen molar-refractivity contribution in [3.8, 4) is 11.4 Å². The first-order valence-electron chi connectivity index (χ1n) is 6.99. The van der Waals surface area contributed by atoms with Crippen LogP contribution in [0.25, 0.3) is 5.69 Å². The lowest BCUT2D eigenvalue weighted by Gasteiger charge is -2.19. The van der Waals surface area contributed by atoms with E-state index < -0.39 is 0 Å². The highest BCUT2D eigenvalue weighted by atomic mass is 35.5. The molecule has 2 aromatic heterocycles. The monoisotopic (exact) mass is 354 g/mol. The molecular formula is C15H19ClN4O2S. The number of ether oxygens (including phenoxy) is 1. The summed E-state index contributed by atoms with van der Waals surface area (Å²) in [5.41, 5.74) is 1.27. The molecule has 0 bridgehead atoms. The third-order valence-electron chi connectivity index (χ3n) is 3.38. The van der Waals surface area contributed by atoms with Crippen LogP contribution in [0.5, 0.6) is 5.75 Å². The summed E-state index contributed by atoms with van der Waals surface area (Å²) in [6.45, 7) is 1.90. The maximum Gasteiger partial charge on any atom is 0.230 e. The van der Waals surface area contributed by atoms with E-state index in [-0.39, 0.29) is 17.0 Å². The Balaban J connectivity index is 2.28. The number of pyridine rings is 1. The lowest BCUT2D eigenvalue weighted by atomic mass is 10.2. The largest absolute Gasteiger partial charge is 0.495 e. The van der Waals surface area contributed by atoms with Gasteiger partial charge in [0.15, 0.2) is 5.15 Å². The van der Waals surface area contributed by atoms with Crippen molar-refractivity contribution in [2.24, 2.45) is 5.92 Å². The number of halogens is 1. The average molecular weight is 355 g/mol. The van der Waals surface area contributed by atoms with Gasteiger partial charge in [-0.25, -0.2) is 4.68 Å². The van der Waals surface area contributed by atoms with Crippen LogP contribution in [-0.2, 0) is 4.79 Å². The van der Waals surface area contributed by atoms with E-state index in [4.69, 9.17) is 16.3 Å². The number of rotatable bonds is 6. The van der Waals surface area contributed by atoms with Gasteiger partial charge in [0.25, 0.3) is 0 Å². The third-order valence-corrected chi connectivity index (χ3v) is 4.48. The molecule has 1 unspecified atom stereocenters. The number of aromatic nitrogens is 3. The Bertz CT molecular complexity index is 692. The van der Waals surface area contributed by atoms with Crippen molar-refractivity contribution in [3.63, 3.8) is 0 Å². The molecule has 0 aliphatic heterocycles. The van der Waals surface area contributed by atoms with Crippen LogP contribution in [0, 0.1) is 5.92 Å². The van der Waals surface area contributed by atoms with Gasteiger partial charge in [-0.05, 0) is 6.26 Å². The minimum Gasteiger partial charge on any atom is -0.495 e. The highest BCUT2D eigenvalue weighted by Gasteiger charge is 2.22. The van der Waals surface area contributed by atoms with Crippen molar-refractivity contribution in [2.45, 2.75) is 6.92 Å². The van der Waals surface area contributed by atoms with E-state index in [9.17, 15) is 4.79 Å². The van der Waals surface area contributed by atoms with Crippen LogP contribution in [0.1, 0.15) is 6.92 Å². The number of nitrogens with zero attached hydrogens (tertiary/aromatic N) is 4. The van der Waals surface area contributed by atoms with Crippen molar-refractivity contribution >= 4 is 35.0 Å². The van der Waals surface area contributed by atoms with Crippen LogP contribution >= 0.6 is 23.4 Å². The van der Waals surface area contributed by atoms with Crippen LogP contribution in [0.4, 0.5) is 5.69 Å². The summed E-state index contributed by atoms with van der Waals surface area (Å²) in [6, 6.07) is 1.79. The number of carbonyl (C=O) groups is 1. The summed E-state index contributed by atoms with van der Waals surface area (Å²) >= 11 is 7.84. The SMILES string of the molecule is COc1cncc(-n2cc(N(C)C(=O)C(C)CSC)c(Cl)n2)c1. The second kappa shape index (κ2) is 7.70. The van der Waals surface area contributed by atoms with E-state index in [1.807, 2.05) is 13.2 Å². The van der Waals surface area contributed by atoms with Crippen LogP contribution < -0.4 is 9.64 Å². The zero-order valence-electron chi connectivity index (χ0n) is 13.5. The van der Waals surface area contributed by atoms with Gasteiger partial charge in [0, 0.05) is 24.8 Å². The van der Waals surface area contributed by atoms with Crippen molar-refractivity contribution < 1.29 is 9.53 Å². The molecule has 0 N–H and O–H groups in total. The molecule has 0 spiro atoms. The highest BCUT2D eigenvalue weighted by Crippen LogP contribution is 2.27. The normalized spacial score (nSPS) is 12.0. The number of anilines is 1. The zero-order chi connectivity index (χ0) is 17.0. The zero-order valence-corrected chi connectivity index (χ0v) is 15.1. The molecule has 23 heavy (non-hydrogen) atoms. The van der Waals surface area contributed by atoms with Crippen molar-refractivity contribution in [3.05, 3.63) is 29.8 Å². The summed E-state index contributed by atoms with van der Waals surface area (Å²) in [5, 5.41) is 4.52. The van der Waals surface area contributed by atoms with Gasteiger partial charge in [-0.1, -0.05) is 18.5 Å². The molecule has 0 saturated carbocycles. The highest BCUT2D eigenvalue weighted by molar-refractivity contribution is 7.98. The van der Waals surface area contributed by atoms with E-state index in [1.54, 1.807) is 60.2 Å². The van der Waals surface area contributed by atoms with Gasteiger partial charge in [-0.15, -0.1) is 0 Å². The minimum atomic E-state index is -0.0899. The number of amides is 1. The van der Waals surface area contributed by atoms with E-state index in [1.165, 1.54) is 0 Å². The quantitative estimate of drug-likeness (QED) is 0.798. The van der Waals surface area contributed by atoms with Gasteiger partial charge in [0.2, 0.25) is 5.91 Å². The lowest BCUT2D eigenvalue weighted by molar-refractivity contribution is -0.120. The summed E-state index contributed by atoms with van der Waals surface area (Å²) in [6.07, 6.45) is 6.94. The molecule has 124 valence electrons. The van der Waals surface area contributed by atoms with Crippen LogP contribution in [0.2, 0.25) is 5.15 Å². The molecule has 0 aliphatic rings. The Morgan fingerprint density at radius 1 is 1.52 bits per heavy atom. The second-order valence-electron chi connectivity index (χ2n) is 5.09. The predicted molar refractivity (Wildman–Crippen MR) is 93.9 cm³/mol. The minimum absolute atomic E-state index is 0.00423. The van der Waals surface area contributed by atoms with Gasteiger partial charge in [0.1, 0.15) is 11.4 Å². The number of methoxy groups -OCH3 is 1. The summed E-state index contributed by atoms with van der Waals surface area (Å²) in [4.78, 5) is 18.0. The Hall–Kier alpha value is -1.73. The van der Waals surface area contributed by atoms with E-state index in [0.29, 0.717) is 17.1 Å². The first kappa shape index (κ1) is 17.6. The van der Waals surface area contributed by atoms with Crippen molar-refractivity contribution in [1.29, 1.82) is 0 Å². The Morgan fingerprint density at radius 2 is 2.26 bits per heavy atom. The molecule has 0 saturated heterocycles. The van der Waals surface area contributed by atoms with Crippen LogP contribution in [-0.4, -0.2) is 46.8 Å². The first-order valence-corrected chi connectivity index (χ1v) is 8.76. The molecule has 1 atom stereocenters. The van der Waals surface area contributed by atoms with Gasteiger partial charge in [-0.3, -0.25) is 9.78 Å². The number of hydrogen-bond acceptors (Lipinski definition) is 5. The Kier molecular flexibility index (Phi) is 5.90. The summed E-state index contributed by atoms with van der Waals surface area (Å²) in [5.74, 6) is 1.29. The number of hydrogen-bond donors (Lipinski definition) is 0. The molecule has 2 aromatic rings. The predicted octanol–water partition coefficient (Wildman–Crippen LogP) is 2.89. The maximum atomic E-state index is 12.4. The van der Waals surface area contributed by atoms with Gasteiger partial charge < -0.3 is 9.64 Å². The Labute approximate surface area is 144 Å². The molecule has 8 heteroatoms. The topological polar surface area (TPSA) is 60.2 Å². The molecule has 2 rings (SSSR count). The average Bonchev–Trinajstić information content (AvgIpc) is 2.95. The molecule has 0 fully saturated rings. The molecule has 0 aromatic carbocycles. The number of carbonyl (C=O) groups excluding carboxylic acids is 1. The molecule has 6 nitrogen and oxygen atoms in total. The van der Waals surface area contributed by atoms with E-state index in [0.717, 1.165) is 5.75 Å². The van der Waals surface area contributed by atoms with Gasteiger partial charge >= 0.3 is 0 Å². The fraction of sp³-hybridized carbons (Fsp3) is 0.400. The molecule has 0 radical (unpaired) electrons. The molecule has 0 aliphatic carbocycles. The second-order valence-corrected chi connectivity index (χ2v) is 6.36. The fourth-order valence-electron chi connectivity index (χ4n) is 2.12. The van der Waals surface area contributed by atoms with E-state index >= 15 is 0 Å². The third kappa shape index (κ3) is 3.97.